The summed E-state index contributed by atoms with van der Waals surface area (Å²) in [6.45, 7) is 7.25. The summed E-state index contributed by atoms with van der Waals surface area (Å²) in [6, 6.07) is 8.68. The standard InChI is InChI=1S/C24H33N5O2/c1-4-5-16(2)26-22-10-19(27-23(25)28-22)9-18-7-6-17(8-21(18)31-3)13-29-14-24(15-29)11-20(30)12-24/h6-8,10,16H,4-5,9,11-15H2,1-3H3,(H3,25,26,27,28)/t16-/m1/s1. The lowest BCUT2D eigenvalue weighted by atomic mass is 9.63. The van der Waals surface area contributed by atoms with E-state index in [0.29, 0.717) is 18.2 Å². The fraction of sp³-hybridized carbons (Fsp3) is 0.542. The molecule has 0 bridgehead atoms. The van der Waals surface area contributed by atoms with E-state index in [0.717, 1.165) is 68.1 Å². The Balaban J connectivity index is 1.41. The molecule has 1 aliphatic carbocycles. The van der Waals surface area contributed by atoms with Crippen molar-refractivity contribution in [2.24, 2.45) is 5.41 Å². The first kappa shape index (κ1) is 21.6. The van der Waals surface area contributed by atoms with Gasteiger partial charge >= 0.3 is 0 Å². The maximum absolute atomic E-state index is 11.3. The number of nitrogens with one attached hydrogen (secondary N) is 1. The number of Topliss-reactive ketones (excluding diaryl/α,β-unsaturated/α-hetero) is 1. The number of ether oxygens (including phenoxy) is 1. The van der Waals surface area contributed by atoms with Crippen LogP contribution in [0.25, 0.3) is 0 Å². The highest BCUT2D eigenvalue weighted by atomic mass is 16.5. The summed E-state index contributed by atoms with van der Waals surface area (Å²) < 4.78 is 5.68. The molecule has 2 aliphatic rings. The van der Waals surface area contributed by atoms with Crippen LogP contribution in [0, 0.1) is 5.41 Å². The van der Waals surface area contributed by atoms with Gasteiger partial charge in [0.1, 0.15) is 17.4 Å². The zero-order valence-electron chi connectivity index (χ0n) is 18.8. The minimum Gasteiger partial charge on any atom is -0.496 e. The highest BCUT2D eigenvalue weighted by Gasteiger charge is 2.51. The lowest BCUT2D eigenvalue weighted by Gasteiger charge is -2.55. The summed E-state index contributed by atoms with van der Waals surface area (Å²) in [5.41, 5.74) is 9.40. The first-order chi connectivity index (χ1) is 14.9. The van der Waals surface area contributed by atoms with Crippen LogP contribution in [0.1, 0.15) is 56.4 Å². The smallest absolute Gasteiger partial charge is 0.222 e. The number of ketones is 1. The first-order valence-electron chi connectivity index (χ1n) is 11.2. The maximum Gasteiger partial charge on any atom is 0.222 e. The second kappa shape index (κ2) is 8.83. The van der Waals surface area contributed by atoms with E-state index in [1.807, 2.05) is 6.07 Å². The van der Waals surface area contributed by atoms with Crippen LogP contribution in [0.15, 0.2) is 24.3 Å². The van der Waals surface area contributed by atoms with Crippen molar-refractivity contribution >= 4 is 17.5 Å². The van der Waals surface area contributed by atoms with E-state index in [9.17, 15) is 4.79 Å². The van der Waals surface area contributed by atoms with Gasteiger partial charge in [-0.1, -0.05) is 25.5 Å². The average Bonchev–Trinajstić information content (AvgIpc) is 2.66. The van der Waals surface area contributed by atoms with E-state index in [4.69, 9.17) is 10.5 Å². The quantitative estimate of drug-likeness (QED) is 0.638. The molecule has 31 heavy (non-hydrogen) atoms. The minimum atomic E-state index is 0.278. The molecular formula is C24H33N5O2. The number of carbonyl (C=O) groups is 1. The molecule has 166 valence electrons. The monoisotopic (exact) mass is 423 g/mol. The number of benzene rings is 1. The second-order valence-corrected chi connectivity index (χ2v) is 9.30. The van der Waals surface area contributed by atoms with Gasteiger partial charge in [0.05, 0.1) is 12.8 Å². The summed E-state index contributed by atoms with van der Waals surface area (Å²) in [7, 11) is 1.70. The Morgan fingerprint density at radius 3 is 2.71 bits per heavy atom. The lowest BCUT2D eigenvalue weighted by Crippen LogP contribution is -2.61. The molecule has 2 fully saturated rings. The van der Waals surface area contributed by atoms with Gasteiger partial charge in [0.2, 0.25) is 5.95 Å². The molecule has 2 aromatic rings. The molecule has 1 aromatic heterocycles. The van der Waals surface area contributed by atoms with Crippen molar-refractivity contribution in [1.29, 1.82) is 0 Å². The molecule has 4 rings (SSSR count). The summed E-state index contributed by atoms with van der Waals surface area (Å²) in [5.74, 6) is 2.31. The van der Waals surface area contributed by atoms with Gasteiger partial charge in [-0.3, -0.25) is 9.69 Å². The molecule has 0 radical (unpaired) electrons. The van der Waals surface area contributed by atoms with Gasteiger partial charge in [-0.2, -0.15) is 4.98 Å². The van der Waals surface area contributed by atoms with E-state index in [1.54, 1.807) is 7.11 Å². The Hall–Kier alpha value is -2.67. The zero-order valence-corrected chi connectivity index (χ0v) is 18.8. The number of hydrogen-bond acceptors (Lipinski definition) is 7. The van der Waals surface area contributed by atoms with E-state index in [-0.39, 0.29) is 11.4 Å². The van der Waals surface area contributed by atoms with Gasteiger partial charge in [0.15, 0.2) is 0 Å². The molecule has 3 N–H and O–H groups in total. The summed E-state index contributed by atoms with van der Waals surface area (Å²) >= 11 is 0. The first-order valence-corrected chi connectivity index (χ1v) is 11.2. The normalized spacial score (nSPS) is 18.4. The molecular weight excluding hydrogens is 390 g/mol. The largest absolute Gasteiger partial charge is 0.496 e. The molecule has 7 heteroatoms. The highest BCUT2D eigenvalue weighted by Crippen LogP contribution is 2.46. The lowest BCUT2D eigenvalue weighted by molar-refractivity contribution is -0.145. The van der Waals surface area contributed by atoms with Gasteiger partial charge in [-0.25, -0.2) is 4.98 Å². The third kappa shape index (κ3) is 4.98. The summed E-state index contributed by atoms with van der Waals surface area (Å²) in [4.78, 5) is 22.5. The molecule has 1 aliphatic heterocycles. The number of nitrogens with zero attached hydrogens (tertiary/aromatic N) is 3. The third-order valence-corrected chi connectivity index (χ3v) is 6.30. The van der Waals surface area contributed by atoms with Crippen molar-refractivity contribution in [3.8, 4) is 5.75 Å². The van der Waals surface area contributed by atoms with E-state index in [2.05, 4.69) is 52.2 Å². The number of aromatic nitrogens is 2. The number of carbonyl (C=O) groups excluding carboxylic acids is 1. The van der Waals surface area contributed by atoms with Crippen LogP contribution >= 0.6 is 0 Å². The average molecular weight is 424 g/mol. The maximum atomic E-state index is 11.3. The molecule has 0 amide bonds. The van der Waals surface area contributed by atoms with Crippen LogP contribution in [0.2, 0.25) is 0 Å². The topological polar surface area (TPSA) is 93.4 Å². The predicted octanol–water partition coefficient (Wildman–Crippen LogP) is 3.42. The molecule has 1 saturated carbocycles. The van der Waals surface area contributed by atoms with Crippen LogP contribution in [-0.4, -0.2) is 46.9 Å². The van der Waals surface area contributed by atoms with E-state index >= 15 is 0 Å². The molecule has 7 nitrogen and oxygen atoms in total. The van der Waals surface area contributed by atoms with E-state index < -0.39 is 0 Å². The number of rotatable bonds is 9. The Morgan fingerprint density at radius 1 is 1.26 bits per heavy atom. The van der Waals surface area contributed by atoms with Crippen molar-refractivity contribution in [2.45, 2.75) is 58.5 Å². The van der Waals surface area contributed by atoms with Gasteiger partial charge in [-0.05, 0) is 25.0 Å². The third-order valence-electron chi connectivity index (χ3n) is 6.30. The number of nitrogens with two attached hydrogens (primary N) is 1. The van der Waals surface area contributed by atoms with Crippen molar-refractivity contribution < 1.29 is 9.53 Å². The van der Waals surface area contributed by atoms with Crippen LogP contribution in [-0.2, 0) is 17.8 Å². The predicted molar refractivity (Wildman–Crippen MR) is 122 cm³/mol. The van der Waals surface area contributed by atoms with Crippen molar-refractivity contribution in [3.05, 3.63) is 41.1 Å². The molecule has 1 atom stereocenters. The van der Waals surface area contributed by atoms with Crippen LogP contribution in [0.5, 0.6) is 5.75 Å². The fourth-order valence-electron chi connectivity index (χ4n) is 4.95. The van der Waals surface area contributed by atoms with Crippen molar-refractivity contribution in [1.82, 2.24) is 14.9 Å². The zero-order chi connectivity index (χ0) is 22.0. The highest BCUT2D eigenvalue weighted by molar-refractivity contribution is 5.86. The Morgan fingerprint density at radius 2 is 2.03 bits per heavy atom. The Kier molecular flexibility index (Phi) is 6.14. The van der Waals surface area contributed by atoms with Gasteiger partial charge in [-0.15, -0.1) is 0 Å². The fourth-order valence-corrected chi connectivity index (χ4v) is 4.95. The Bertz CT molecular complexity index is 945. The SMILES string of the molecule is CCC[C@@H](C)Nc1cc(Cc2ccc(CN3CC4(CC(=O)C4)C3)cc2OC)nc(N)n1. The van der Waals surface area contributed by atoms with Crippen LogP contribution in [0.4, 0.5) is 11.8 Å². The molecule has 1 spiro atoms. The van der Waals surface area contributed by atoms with Crippen LogP contribution in [0.3, 0.4) is 0 Å². The minimum absolute atomic E-state index is 0.278. The molecule has 2 heterocycles. The number of methoxy groups -OCH3 is 1. The summed E-state index contributed by atoms with van der Waals surface area (Å²) in [5, 5.41) is 3.41. The number of nitrogen functional groups attached to an aromatic ring is 1. The molecule has 0 unspecified atom stereocenters. The second-order valence-electron chi connectivity index (χ2n) is 9.30. The van der Waals surface area contributed by atoms with Gasteiger partial charge < -0.3 is 15.8 Å². The summed E-state index contributed by atoms with van der Waals surface area (Å²) in [6.07, 6.45) is 4.34. The number of anilines is 2. The van der Waals surface area contributed by atoms with E-state index in [1.165, 1.54) is 5.56 Å². The van der Waals surface area contributed by atoms with Crippen molar-refractivity contribution in [3.63, 3.8) is 0 Å². The Labute approximate surface area is 184 Å². The van der Waals surface area contributed by atoms with Gasteiger partial charge in [0.25, 0.3) is 0 Å². The number of likely N-dealkylation sites (tertiary alicyclic amines) is 1. The van der Waals surface area contributed by atoms with Crippen molar-refractivity contribution in [2.75, 3.05) is 31.2 Å². The number of hydrogen-bond donors (Lipinski definition) is 2. The van der Waals surface area contributed by atoms with Gasteiger partial charge in [0, 0.05) is 62.0 Å². The van der Waals surface area contributed by atoms with Crippen LogP contribution < -0.4 is 15.8 Å². The molecule has 1 aromatic carbocycles. The molecule has 1 saturated heterocycles.